The van der Waals surface area contributed by atoms with Crippen LogP contribution in [0.3, 0.4) is 0 Å². The van der Waals surface area contributed by atoms with Gasteiger partial charge in [0, 0.05) is 55.5 Å². The van der Waals surface area contributed by atoms with Gasteiger partial charge in [0.1, 0.15) is 11.8 Å². The Morgan fingerprint density at radius 1 is 1.16 bits per heavy atom. The minimum atomic E-state index is -0.231. The second-order valence-corrected chi connectivity index (χ2v) is 10.8. The van der Waals surface area contributed by atoms with E-state index in [1.165, 1.54) is 18.8 Å². The van der Waals surface area contributed by atoms with Crippen molar-refractivity contribution in [1.29, 1.82) is 0 Å². The van der Waals surface area contributed by atoms with E-state index >= 15 is 0 Å². The van der Waals surface area contributed by atoms with Crippen molar-refractivity contribution in [2.24, 2.45) is 17.1 Å². The first-order chi connectivity index (χ1) is 18.1. The van der Waals surface area contributed by atoms with E-state index < -0.39 is 0 Å². The number of likely N-dealkylation sites (N-methyl/N-ethyl adjacent to an activating group) is 1. The van der Waals surface area contributed by atoms with Crippen LogP contribution in [0.25, 0.3) is 0 Å². The predicted molar refractivity (Wildman–Crippen MR) is 154 cm³/mol. The second-order valence-electron chi connectivity index (χ2n) is 10.8. The topological polar surface area (TPSA) is 79.1 Å². The third-order valence-corrected chi connectivity index (χ3v) is 7.17. The molecule has 1 aliphatic carbocycles. The molecule has 0 unspecified atom stereocenters. The van der Waals surface area contributed by atoms with Crippen molar-refractivity contribution in [3.8, 4) is 0 Å². The van der Waals surface area contributed by atoms with Gasteiger partial charge in [0.15, 0.2) is 0 Å². The molecule has 3 fully saturated rings. The SMILES string of the molecule is C=C=O.CC.CC(C)COCc1ccc(N2CCN(C)CC2)cc1F.CC1(C(N)=O)CCN(C2CC2)CC1. The van der Waals surface area contributed by atoms with E-state index in [0.29, 0.717) is 24.7 Å². The minimum Gasteiger partial charge on any atom is -0.376 e. The molecule has 8 heteroatoms. The van der Waals surface area contributed by atoms with Crippen LogP contribution in [0.15, 0.2) is 24.8 Å². The Bertz CT molecular complexity index is 853. The zero-order chi connectivity index (χ0) is 28.7. The smallest absolute Gasteiger partial charge is 0.223 e. The second kappa shape index (κ2) is 17.4. The number of amides is 1. The molecule has 0 atom stereocenters. The number of hydrogen-bond acceptors (Lipinski definition) is 6. The fourth-order valence-electron chi connectivity index (χ4n) is 4.39. The number of carbonyl (C=O) groups is 1. The third-order valence-electron chi connectivity index (χ3n) is 7.17. The standard InChI is InChI=1S/C16H25FN2O.C10H18N2O.C2H2O.C2H6/c1-13(2)11-20-12-14-4-5-15(10-16(14)17)19-8-6-18(3)7-9-19;1-10(9(11)13)4-6-12(7-5-10)8-2-3-8;1-2-3;1-2/h4-5,10,13H,6-9,11-12H2,1-3H3;8H,2-7H2,1H3,(H2,11,13);1H2;1-2H3. The lowest BCUT2D eigenvalue weighted by Gasteiger charge is -2.37. The van der Waals surface area contributed by atoms with E-state index in [1.807, 2.05) is 32.9 Å². The summed E-state index contributed by atoms with van der Waals surface area (Å²) < 4.78 is 19.6. The first-order valence-corrected chi connectivity index (χ1v) is 14.1. The first-order valence-electron chi connectivity index (χ1n) is 14.1. The molecule has 3 aliphatic rings. The number of primary amides is 1. The number of hydrogen-bond donors (Lipinski definition) is 1. The molecule has 1 aromatic carbocycles. The van der Waals surface area contributed by atoms with Gasteiger partial charge < -0.3 is 25.2 Å². The zero-order valence-electron chi connectivity index (χ0n) is 24.6. The Kier molecular flexibility index (Phi) is 15.4. The van der Waals surface area contributed by atoms with Crippen LogP contribution in [0, 0.1) is 17.2 Å². The highest BCUT2D eigenvalue weighted by Gasteiger charge is 2.39. The Morgan fingerprint density at radius 2 is 1.71 bits per heavy atom. The zero-order valence-corrected chi connectivity index (χ0v) is 24.6. The van der Waals surface area contributed by atoms with Crippen LogP contribution in [0.5, 0.6) is 0 Å². The van der Waals surface area contributed by atoms with Crippen LogP contribution in [0.4, 0.5) is 10.1 Å². The van der Waals surface area contributed by atoms with Crippen LogP contribution in [0.2, 0.25) is 0 Å². The maximum Gasteiger partial charge on any atom is 0.223 e. The van der Waals surface area contributed by atoms with Gasteiger partial charge in [-0.3, -0.25) is 4.79 Å². The largest absolute Gasteiger partial charge is 0.376 e. The highest BCUT2D eigenvalue weighted by Crippen LogP contribution is 2.36. The molecule has 1 amide bonds. The molecule has 1 saturated carbocycles. The van der Waals surface area contributed by atoms with E-state index in [0.717, 1.165) is 63.8 Å². The fourth-order valence-corrected chi connectivity index (χ4v) is 4.39. The summed E-state index contributed by atoms with van der Waals surface area (Å²) in [4.78, 5) is 26.8. The minimum absolute atomic E-state index is 0.122. The van der Waals surface area contributed by atoms with E-state index in [2.05, 4.69) is 42.2 Å². The highest BCUT2D eigenvalue weighted by atomic mass is 19.1. The number of anilines is 1. The van der Waals surface area contributed by atoms with Crippen molar-refractivity contribution in [3.63, 3.8) is 0 Å². The van der Waals surface area contributed by atoms with E-state index in [1.54, 1.807) is 6.07 Å². The van der Waals surface area contributed by atoms with Gasteiger partial charge >= 0.3 is 0 Å². The van der Waals surface area contributed by atoms with Gasteiger partial charge in [-0.1, -0.05) is 40.7 Å². The summed E-state index contributed by atoms with van der Waals surface area (Å²) in [7, 11) is 2.12. The maximum absolute atomic E-state index is 14.1. The van der Waals surface area contributed by atoms with Crippen LogP contribution in [-0.2, 0) is 20.9 Å². The van der Waals surface area contributed by atoms with Gasteiger partial charge in [0.25, 0.3) is 0 Å². The molecule has 7 nitrogen and oxygen atoms in total. The van der Waals surface area contributed by atoms with Crippen molar-refractivity contribution in [2.45, 2.75) is 73.0 Å². The lowest BCUT2D eigenvalue weighted by molar-refractivity contribution is -0.129. The summed E-state index contributed by atoms with van der Waals surface area (Å²) >= 11 is 0. The number of nitrogens with zero attached hydrogens (tertiary/aromatic N) is 3. The molecule has 2 aliphatic heterocycles. The number of likely N-dealkylation sites (tertiary alicyclic amines) is 1. The monoisotopic (exact) mass is 534 g/mol. The predicted octanol–water partition coefficient (Wildman–Crippen LogP) is 4.52. The number of piperazine rings is 1. The van der Waals surface area contributed by atoms with Crippen molar-refractivity contribution in [1.82, 2.24) is 9.80 Å². The van der Waals surface area contributed by atoms with Crippen molar-refractivity contribution >= 4 is 17.5 Å². The molecule has 0 radical (unpaired) electrons. The first kappa shape index (κ1) is 33.8. The normalized spacial score (nSPS) is 19.1. The van der Waals surface area contributed by atoms with Crippen molar-refractivity contribution < 1.29 is 18.7 Å². The van der Waals surface area contributed by atoms with Crippen LogP contribution in [-0.4, -0.2) is 80.6 Å². The molecule has 0 bridgehead atoms. The van der Waals surface area contributed by atoms with Crippen LogP contribution < -0.4 is 10.6 Å². The van der Waals surface area contributed by atoms with Crippen molar-refractivity contribution in [3.05, 3.63) is 36.2 Å². The number of nitrogens with two attached hydrogens (primary N) is 1. The van der Waals surface area contributed by atoms with Gasteiger partial charge in [-0.25, -0.2) is 9.18 Å². The summed E-state index contributed by atoms with van der Waals surface area (Å²) in [5.74, 6) is 1.44. The van der Waals surface area contributed by atoms with E-state index in [4.69, 9.17) is 15.3 Å². The molecule has 0 spiro atoms. The molecule has 38 heavy (non-hydrogen) atoms. The number of benzene rings is 1. The van der Waals surface area contributed by atoms with E-state index in [-0.39, 0.29) is 17.1 Å². The summed E-state index contributed by atoms with van der Waals surface area (Å²) in [5.41, 5.74) is 6.77. The van der Waals surface area contributed by atoms with Gasteiger partial charge in [0.2, 0.25) is 5.91 Å². The van der Waals surface area contributed by atoms with Gasteiger partial charge in [-0.2, -0.15) is 0 Å². The molecule has 1 aromatic rings. The molecular formula is C30H51FN4O3. The third kappa shape index (κ3) is 11.6. The average Bonchev–Trinajstić information content (AvgIpc) is 3.73. The number of piperidine rings is 1. The Morgan fingerprint density at radius 3 is 2.16 bits per heavy atom. The van der Waals surface area contributed by atoms with Gasteiger partial charge in [-0.05, 0) is 70.5 Å². The molecule has 2 saturated heterocycles. The molecule has 2 heterocycles. The van der Waals surface area contributed by atoms with Crippen LogP contribution >= 0.6 is 0 Å². The fraction of sp³-hybridized carbons (Fsp3) is 0.700. The van der Waals surface area contributed by atoms with Gasteiger partial charge in [-0.15, -0.1) is 0 Å². The highest BCUT2D eigenvalue weighted by molar-refractivity contribution is 5.80. The van der Waals surface area contributed by atoms with Gasteiger partial charge in [0.05, 0.1) is 6.61 Å². The molecule has 0 aromatic heterocycles. The summed E-state index contributed by atoms with van der Waals surface area (Å²) in [6.07, 6.45) is 4.60. The Balaban J connectivity index is 0.000000344. The van der Waals surface area contributed by atoms with E-state index in [9.17, 15) is 9.18 Å². The van der Waals surface area contributed by atoms with Crippen LogP contribution in [0.1, 0.15) is 65.9 Å². The molecular weight excluding hydrogens is 483 g/mol. The quantitative estimate of drug-likeness (QED) is 0.519. The lowest BCUT2D eigenvalue weighted by atomic mass is 9.80. The summed E-state index contributed by atoms with van der Waals surface area (Å²) in [5, 5.41) is 0. The molecule has 216 valence electrons. The number of ether oxygens (including phenoxy) is 1. The molecule has 4 rings (SSSR count). The van der Waals surface area contributed by atoms with Crippen molar-refractivity contribution in [2.75, 3.05) is 57.8 Å². The number of halogens is 1. The maximum atomic E-state index is 14.1. The summed E-state index contributed by atoms with van der Waals surface area (Å²) in [6, 6.07) is 6.32. The summed E-state index contributed by atoms with van der Waals surface area (Å²) in [6.45, 7) is 20.0. The number of carbonyl (C=O) groups excluding carboxylic acids is 2. The lowest BCUT2D eigenvalue weighted by Crippen LogP contribution is -2.46. The Hall–Kier alpha value is -2.25. The number of rotatable bonds is 7. The average molecular weight is 535 g/mol. The molecule has 2 N–H and O–H groups in total. The Labute approximate surface area is 230 Å².